The third-order valence-electron chi connectivity index (χ3n) is 3.30. The van der Waals surface area contributed by atoms with Gasteiger partial charge in [0.25, 0.3) is 0 Å². The van der Waals surface area contributed by atoms with Gasteiger partial charge in [-0.15, -0.1) is 0 Å². The maximum Gasteiger partial charge on any atom is 0.311 e. The Morgan fingerprint density at radius 3 is 2.56 bits per heavy atom. The molecule has 4 nitrogen and oxygen atoms in total. The molecule has 18 heavy (non-hydrogen) atoms. The monoisotopic (exact) mass is 257 g/mol. The van der Waals surface area contributed by atoms with Gasteiger partial charge < -0.3 is 14.7 Å². The summed E-state index contributed by atoms with van der Waals surface area (Å²) in [5.41, 5.74) is -0.434. The molecule has 0 aromatic carbocycles. The van der Waals surface area contributed by atoms with Gasteiger partial charge in [0.15, 0.2) is 0 Å². The molecule has 0 aliphatic carbocycles. The Morgan fingerprint density at radius 2 is 2.11 bits per heavy atom. The number of carbonyl (C=O) groups is 1. The van der Waals surface area contributed by atoms with Gasteiger partial charge in [-0.25, -0.2) is 0 Å². The lowest BCUT2D eigenvalue weighted by Crippen LogP contribution is -2.46. The summed E-state index contributed by atoms with van der Waals surface area (Å²) in [6.45, 7) is 12.0. The summed E-state index contributed by atoms with van der Waals surface area (Å²) in [6, 6.07) is 0. The molecule has 0 saturated carbocycles. The van der Waals surface area contributed by atoms with Crippen LogP contribution >= 0.6 is 0 Å². The molecule has 0 aromatic rings. The van der Waals surface area contributed by atoms with Crippen LogP contribution in [0.3, 0.4) is 0 Å². The Bertz CT molecular complexity index is 283. The maximum absolute atomic E-state index is 11.9. The van der Waals surface area contributed by atoms with Gasteiger partial charge in [-0.2, -0.15) is 0 Å². The van der Waals surface area contributed by atoms with Crippen LogP contribution in [0.4, 0.5) is 0 Å². The van der Waals surface area contributed by atoms with Crippen LogP contribution in [0.2, 0.25) is 0 Å². The van der Waals surface area contributed by atoms with Crippen molar-refractivity contribution in [2.24, 2.45) is 11.3 Å². The Kier molecular flexibility index (Phi) is 5.17. The zero-order valence-electron chi connectivity index (χ0n) is 12.3. The maximum atomic E-state index is 11.9. The molecular formula is C14H27NO3. The average molecular weight is 257 g/mol. The Balaban J connectivity index is 2.45. The molecule has 1 unspecified atom stereocenters. The van der Waals surface area contributed by atoms with Gasteiger partial charge >= 0.3 is 5.97 Å². The van der Waals surface area contributed by atoms with Crippen LogP contribution in [-0.2, 0) is 9.53 Å². The third kappa shape index (κ3) is 4.58. The van der Waals surface area contributed by atoms with Gasteiger partial charge in [0.05, 0.1) is 11.5 Å². The minimum absolute atomic E-state index is 0.0157. The van der Waals surface area contributed by atoms with Gasteiger partial charge in [-0.1, -0.05) is 6.92 Å². The van der Waals surface area contributed by atoms with E-state index in [1.807, 2.05) is 20.8 Å². The number of rotatable bonds is 3. The first-order valence-corrected chi connectivity index (χ1v) is 6.81. The van der Waals surface area contributed by atoms with E-state index in [1.165, 1.54) is 0 Å². The predicted octanol–water partition coefficient (Wildman–Crippen LogP) is 1.67. The summed E-state index contributed by atoms with van der Waals surface area (Å²) < 4.78 is 5.59. The van der Waals surface area contributed by atoms with Crippen molar-refractivity contribution in [3.05, 3.63) is 0 Å². The average Bonchev–Trinajstić information content (AvgIpc) is 2.19. The standard InChI is InChI=1S/C14H27NO3/c1-10-8-15(9-11(2)16)7-6-12(10)18-13(17)14(3,4)5/h10-12,16H,6-9H2,1-5H3/t10-,11?,12-/m0/s1. The number of hydrogen-bond acceptors (Lipinski definition) is 4. The second-order valence-electron chi connectivity index (χ2n) is 6.57. The normalized spacial score (nSPS) is 27.9. The van der Waals surface area contributed by atoms with E-state index in [4.69, 9.17) is 4.74 Å². The first-order valence-electron chi connectivity index (χ1n) is 6.81. The van der Waals surface area contributed by atoms with E-state index in [-0.39, 0.29) is 18.2 Å². The Labute approximate surface area is 110 Å². The fourth-order valence-electron chi connectivity index (χ4n) is 2.24. The second-order valence-corrected chi connectivity index (χ2v) is 6.57. The Morgan fingerprint density at radius 1 is 1.50 bits per heavy atom. The van der Waals surface area contributed by atoms with Gasteiger partial charge in [-0.05, 0) is 34.1 Å². The first-order chi connectivity index (χ1) is 8.20. The number of nitrogens with zero attached hydrogens (tertiary/aromatic N) is 1. The molecule has 0 bridgehead atoms. The molecule has 0 radical (unpaired) electrons. The molecular weight excluding hydrogens is 230 g/mol. The predicted molar refractivity (Wildman–Crippen MR) is 71.2 cm³/mol. The largest absolute Gasteiger partial charge is 0.462 e. The lowest BCUT2D eigenvalue weighted by Gasteiger charge is -2.37. The van der Waals surface area contributed by atoms with Gasteiger partial charge in [0, 0.05) is 25.6 Å². The first kappa shape index (κ1) is 15.4. The number of carbonyl (C=O) groups excluding carboxylic acids is 1. The molecule has 0 spiro atoms. The minimum atomic E-state index is -0.434. The zero-order valence-corrected chi connectivity index (χ0v) is 12.3. The summed E-state index contributed by atoms with van der Waals surface area (Å²) in [5.74, 6) is 0.201. The smallest absolute Gasteiger partial charge is 0.311 e. The van der Waals surface area contributed by atoms with Crippen LogP contribution in [0.5, 0.6) is 0 Å². The van der Waals surface area contributed by atoms with E-state index in [2.05, 4.69) is 11.8 Å². The van der Waals surface area contributed by atoms with E-state index in [0.29, 0.717) is 12.5 Å². The molecule has 0 aromatic heterocycles. The van der Waals surface area contributed by atoms with E-state index >= 15 is 0 Å². The van der Waals surface area contributed by atoms with Gasteiger partial charge in [0.2, 0.25) is 0 Å². The highest BCUT2D eigenvalue weighted by molar-refractivity contribution is 5.75. The van der Waals surface area contributed by atoms with Crippen LogP contribution < -0.4 is 0 Å². The topological polar surface area (TPSA) is 49.8 Å². The van der Waals surface area contributed by atoms with E-state index in [9.17, 15) is 9.90 Å². The fourth-order valence-corrected chi connectivity index (χ4v) is 2.24. The van der Waals surface area contributed by atoms with Crippen LogP contribution in [-0.4, -0.2) is 47.8 Å². The molecule has 3 atom stereocenters. The van der Waals surface area contributed by atoms with Crippen molar-refractivity contribution in [1.82, 2.24) is 4.90 Å². The zero-order chi connectivity index (χ0) is 13.9. The molecule has 1 saturated heterocycles. The number of esters is 1. The number of β-amino-alcohol motifs (C(OH)–C–C–N with tert-alkyl or cyclic N) is 1. The number of piperidine rings is 1. The highest BCUT2D eigenvalue weighted by Gasteiger charge is 2.32. The molecule has 1 heterocycles. The van der Waals surface area contributed by atoms with Crippen molar-refractivity contribution in [2.75, 3.05) is 19.6 Å². The molecule has 4 heteroatoms. The van der Waals surface area contributed by atoms with Crippen LogP contribution in [0.25, 0.3) is 0 Å². The lowest BCUT2D eigenvalue weighted by atomic mass is 9.94. The fraction of sp³-hybridized carbons (Fsp3) is 0.929. The summed E-state index contributed by atoms with van der Waals surface area (Å²) >= 11 is 0. The molecule has 1 aliphatic rings. The van der Waals surface area contributed by atoms with Gasteiger partial charge in [-0.3, -0.25) is 4.79 Å². The summed E-state index contributed by atoms with van der Waals surface area (Å²) in [7, 11) is 0. The van der Waals surface area contributed by atoms with Crippen LogP contribution in [0.1, 0.15) is 41.0 Å². The van der Waals surface area contributed by atoms with Crippen molar-refractivity contribution in [3.63, 3.8) is 0 Å². The van der Waals surface area contributed by atoms with E-state index < -0.39 is 5.41 Å². The second kappa shape index (κ2) is 6.02. The number of aliphatic hydroxyl groups is 1. The summed E-state index contributed by atoms with van der Waals surface area (Å²) in [4.78, 5) is 14.1. The molecule has 106 valence electrons. The number of ether oxygens (including phenoxy) is 1. The quantitative estimate of drug-likeness (QED) is 0.781. The summed E-state index contributed by atoms with van der Waals surface area (Å²) in [5, 5.41) is 9.38. The summed E-state index contributed by atoms with van der Waals surface area (Å²) in [6.07, 6.45) is 0.572. The van der Waals surface area contributed by atoms with Crippen LogP contribution in [0, 0.1) is 11.3 Å². The van der Waals surface area contributed by atoms with E-state index in [1.54, 1.807) is 6.92 Å². The number of likely N-dealkylation sites (tertiary alicyclic amines) is 1. The number of hydrogen-bond donors (Lipinski definition) is 1. The van der Waals surface area contributed by atoms with E-state index in [0.717, 1.165) is 19.5 Å². The minimum Gasteiger partial charge on any atom is -0.462 e. The molecule has 1 fully saturated rings. The molecule has 0 amide bonds. The van der Waals surface area contributed by atoms with Crippen molar-refractivity contribution >= 4 is 5.97 Å². The Hall–Kier alpha value is -0.610. The highest BCUT2D eigenvalue weighted by Crippen LogP contribution is 2.24. The third-order valence-corrected chi connectivity index (χ3v) is 3.30. The van der Waals surface area contributed by atoms with Crippen molar-refractivity contribution in [2.45, 2.75) is 53.2 Å². The molecule has 1 rings (SSSR count). The SMILES string of the molecule is CC(O)CN1CC[C@H](OC(=O)C(C)(C)C)[C@@H](C)C1. The highest BCUT2D eigenvalue weighted by atomic mass is 16.5. The number of aliphatic hydroxyl groups excluding tert-OH is 1. The lowest BCUT2D eigenvalue weighted by molar-refractivity contribution is -0.164. The molecule has 1 N–H and O–H groups in total. The van der Waals surface area contributed by atoms with Crippen molar-refractivity contribution in [3.8, 4) is 0 Å². The van der Waals surface area contributed by atoms with Crippen LogP contribution in [0.15, 0.2) is 0 Å². The van der Waals surface area contributed by atoms with Crippen molar-refractivity contribution < 1.29 is 14.6 Å². The van der Waals surface area contributed by atoms with Crippen molar-refractivity contribution in [1.29, 1.82) is 0 Å². The van der Waals surface area contributed by atoms with Gasteiger partial charge in [0.1, 0.15) is 6.10 Å². The molecule has 1 aliphatic heterocycles.